The average Bonchev–Trinajstić information content (AvgIpc) is 3.16. The van der Waals surface area contributed by atoms with Gasteiger partial charge >= 0.3 is 29.6 Å². The van der Waals surface area contributed by atoms with Crippen molar-refractivity contribution < 1.29 is 53.3 Å². The van der Waals surface area contributed by atoms with Crippen molar-refractivity contribution in [1.82, 2.24) is 4.98 Å². The third-order valence-electron chi connectivity index (χ3n) is 4.44. The first-order valence-electron chi connectivity index (χ1n) is 9.67. The van der Waals surface area contributed by atoms with Gasteiger partial charge < -0.3 is 28.7 Å². The number of carboxylic acids is 1. The first-order valence-corrected chi connectivity index (χ1v) is 9.67. The molecular formula is C22H25N2NaO5. The van der Waals surface area contributed by atoms with Crippen LogP contribution in [0.1, 0.15) is 18.9 Å². The molecule has 1 atom stereocenters. The molecule has 0 saturated heterocycles. The van der Waals surface area contributed by atoms with Gasteiger partial charge in [-0.05, 0) is 36.2 Å². The van der Waals surface area contributed by atoms with Crippen molar-refractivity contribution in [2.75, 3.05) is 31.7 Å². The van der Waals surface area contributed by atoms with Crippen LogP contribution < -0.4 is 44.3 Å². The molecule has 0 spiro atoms. The van der Waals surface area contributed by atoms with Crippen LogP contribution in [0.5, 0.6) is 5.75 Å². The fraction of sp³-hybridized carbons (Fsp3) is 0.364. The molecule has 0 bridgehead atoms. The van der Waals surface area contributed by atoms with E-state index in [0.717, 1.165) is 23.1 Å². The minimum Gasteiger partial charge on any atom is -0.547 e. The number of hydrogen-bond acceptors (Lipinski definition) is 7. The summed E-state index contributed by atoms with van der Waals surface area (Å²) >= 11 is 0. The number of carboxylic acid groups (broad SMARTS) is 1. The number of nitrogens with zero attached hydrogens (tertiary/aromatic N) is 2. The number of carbonyl (C=O) groups excluding carboxylic acids is 1. The molecule has 2 aromatic carbocycles. The number of para-hydroxylation sites is 2. The Morgan fingerprint density at radius 2 is 1.90 bits per heavy atom. The summed E-state index contributed by atoms with van der Waals surface area (Å²) in [6.45, 7) is 3.38. The summed E-state index contributed by atoms with van der Waals surface area (Å²) in [6, 6.07) is 15.5. The minimum absolute atomic E-state index is 0. The number of likely N-dealkylation sites (N-methyl/N-ethyl adjacent to an activating group) is 1. The van der Waals surface area contributed by atoms with Crippen LogP contribution in [0.15, 0.2) is 52.9 Å². The Bertz CT molecular complexity index is 896. The molecule has 30 heavy (non-hydrogen) atoms. The van der Waals surface area contributed by atoms with Gasteiger partial charge in [-0.2, -0.15) is 4.98 Å². The number of carbonyl (C=O) groups is 1. The molecule has 0 aliphatic heterocycles. The van der Waals surface area contributed by atoms with Crippen LogP contribution in [0, 0.1) is 0 Å². The molecule has 0 amide bonds. The van der Waals surface area contributed by atoms with Crippen molar-refractivity contribution in [1.29, 1.82) is 0 Å². The SMILES string of the molecule is CCCOC(Cc1ccc(OCCN(C)c2nc3ccccc3o2)cc1)C(=O)[O-].[Na+]. The van der Waals surface area contributed by atoms with E-state index in [-0.39, 0.29) is 36.0 Å². The number of aliphatic carboxylic acids is 1. The molecule has 0 radical (unpaired) electrons. The molecule has 0 aliphatic rings. The fourth-order valence-electron chi connectivity index (χ4n) is 2.83. The maximum Gasteiger partial charge on any atom is 1.00 e. The van der Waals surface area contributed by atoms with E-state index in [4.69, 9.17) is 13.9 Å². The summed E-state index contributed by atoms with van der Waals surface area (Å²) in [5.41, 5.74) is 2.43. The minimum atomic E-state index is -1.19. The van der Waals surface area contributed by atoms with Crippen molar-refractivity contribution in [2.45, 2.75) is 25.9 Å². The van der Waals surface area contributed by atoms with Gasteiger partial charge in [0, 0.05) is 20.1 Å². The number of aromatic nitrogens is 1. The molecule has 3 rings (SSSR count). The Kier molecular flexibility index (Phi) is 9.65. The van der Waals surface area contributed by atoms with Crippen LogP contribution in [-0.4, -0.2) is 43.9 Å². The third kappa shape index (κ3) is 6.74. The average molecular weight is 420 g/mol. The second-order valence-corrected chi connectivity index (χ2v) is 6.76. The molecule has 3 aromatic rings. The van der Waals surface area contributed by atoms with Crippen LogP contribution in [-0.2, 0) is 16.0 Å². The molecule has 0 N–H and O–H groups in total. The molecule has 154 valence electrons. The summed E-state index contributed by atoms with van der Waals surface area (Å²) in [5.74, 6) is -0.486. The molecule has 1 heterocycles. The quantitative estimate of drug-likeness (QED) is 0.384. The monoisotopic (exact) mass is 420 g/mol. The Morgan fingerprint density at radius 3 is 2.57 bits per heavy atom. The molecule has 0 saturated carbocycles. The van der Waals surface area contributed by atoms with E-state index in [1.807, 2.05) is 67.4 Å². The molecule has 7 nitrogen and oxygen atoms in total. The van der Waals surface area contributed by atoms with Crippen molar-refractivity contribution >= 4 is 23.1 Å². The normalized spacial score (nSPS) is 11.7. The fourth-order valence-corrected chi connectivity index (χ4v) is 2.83. The van der Waals surface area contributed by atoms with E-state index in [1.54, 1.807) is 0 Å². The maximum absolute atomic E-state index is 11.2. The molecular weight excluding hydrogens is 395 g/mol. The summed E-state index contributed by atoms with van der Waals surface area (Å²) < 4.78 is 16.8. The van der Waals surface area contributed by atoms with Gasteiger partial charge in [-0.25, -0.2) is 0 Å². The van der Waals surface area contributed by atoms with Crippen LogP contribution in [0.25, 0.3) is 11.1 Å². The van der Waals surface area contributed by atoms with E-state index in [0.29, 0.717) is 31.5 Å². The van der Waals surface area contributed by atoms with E-state index >= 15 is 0 Å². The smallest absolute Gasteiger partial charge is 0.547 e. The zero-order valence-corrected chi connectivity index (χ0v) is 19.7. The number of anilines is 1. The zero-order chi connectivity index (χ0) is 20.6. The molecule has 0 aliphatic carbocycles. The summed E-state index contributed by atoms with van der Waals surface area (Å²) in [4.78, 5) is 17.5. The second-order valence-electron chi connectivity index (χ2n) is 6.76. The molecule has 1 unspecified atom stereocenters. The van der Waals surface area contributed by atoms with Gasteiger partial charge in [0.2, 0.25) is 0 Å². The summed E-state index contributed by atoms with van der Waals surface area (Å²) in [7, 11) is 1.90. The number of fused-ring (bicyclic) bond motifs is 1. The third-order valence-corrected chi connectivity index (χ3v) is 4.44. The van der Waals surface area contributed by atoms with Gasteiger partial charge in [0.25, 0.3) is 6.01 Å². The summed E-state index contributed by atoms with van der Waals surface area (Å²) in [6.07, 6.45) is 0.0872. The van der Waals surface area contributed by atoms with Gasteiger partial charge in [0.1, 0.15) is 24.0 Å². The first-order chi connectivity index (χ1) is 14.1. The van der Waals surface area contributed by atoms with Crippen LogP contribution in [0.4, 0.5) is 6.01 Å². The van der Waals surface area contributed by atoms with Crippen molar-refractivity contribution in [3.63, 3.8) is 0 Å². The van der Waals surface area contributed by atoms with Crippen LogP contribution >= 0.6 is 0 Å². The van der Waals surface area contributed by atoms with E-state index in [9.17, 15) is 9.90 Å². The van der Waals surface area contributed by atoms with Crippen molar-refractivity contribution in [3.8, 4) is 5.75 Å². The number of benzene rings is 2. The van der Waals surface area contributed by atoms with Gasteiger partial charge in [0.15, 0.2) is 5.58 Å². The topological polar surface area (TPSA) is 87.9 Å². The van der Waals surface area contributed by atoms with E-state index < -0.39 is 12.1 Å². The van der Waals surface area contributed by atoms with Crippen molar-refractivity contribution in [2.24, 2.45) is 0 Å². The Labute approximate surface area is 198 Å². The Morgan fingerprint density at radius 1 is 1.17 bits per heavy atom. The predicted molar refractivity (Wildman–Crippen MR) is 108 cm³/mol. The second kappa shape index (κ2) is 12.0. The van der Waals surface area contributed by atoms with Crippen LogP contribution in [0.3, 0.4) is 0 Å². The molecule has 1 aromatic heterocycles. The summed E-state index contributed by atoms with van der Waals surface area (Å²) in [5, 5.41) is 11.2. The van der Waals surface area contributed by atoms with Crippen molar-refractivity contribution in [3.05, 3.63) is 54.1 Å². The standard InChI is InChI=1S/C22H26N2O5.Na/c1-3-13-28-20(21(25)26)15-16-8-10-17(11-9-16)27-14-12-24(2)22-23-18-6-4-5-7-19(18)29-22;/h4-11,20H,3,12-15H2,1-2H3,(H,25,26);/q;+1/p-1. The number of oxazole rings is 1. The van der Waals surface area contributed by atoms with Crippen LogP contribution in [0.2, 0.25) is 0 Å². The number of ether oxygens (including phenoxy) is 2. The maximum atomic E-state index is 11.2. The number of rotatable bonds is 11. The zero-order valence-electron chi connectivity index (χ0n) is 17.7. The van der Waals surface area contributed by atoms with E-state index in [1.165, 1.54) is 0 Å². The Balaban J connectivity index is 0.00000320. The predicted octanol–water partition coefficient (Wildman–Crippen LogP) is -0.565. The van der Waals surface area contributed by atoms with E-state index in [2.05, 4.69) is 4.98 Å². The van der Waals surface area contributed by atoms with Gasteiger partial charge in [0.05, 0.1) is 12.5 Å². The van der Waals surface area contributed by atoms with Gasteiger partial charge in [-0.3, -0.25) is 0 Å². The van der Waals surface area contributed by atoms with Gasteiger partial charge in [-0.15, -0.1) is 0 Å². The molecule has 8 heteroatoms. The first kappa shape index (κ1) is 24.2. The Hall–Kier alpha value is -2.06. The molecule has 0 fully saturated rings. The number of hydrogen-bond donors (Lipinski definition) is 0. The largest absolute Gasteiger partial charge is 1.00 e. The van der Waals surface area contributed by atoms with Gasteiger partial charge in [-0.1, -0.05) is 31.2 Å².